The molecule has 0 aliphatic heterocycles. The summed E-state index contributed by atoms with van der Waals surface area (Å²) in [6.07, 6.45) is 14.4. The molecule has 6 atom stereocenters. The third kappa shape index (κ3) is 1.59. The van der Waals surface area contributed by atoms with Crippen molar-refractivity contribution in [1.82, 2.24) is 0 Å². The van der Waals surface area contributed by atoms with Crippen molar-refractivity contribution in [2.24, 2.45) is 28.6 Å². The minimum Gasteiger partial charge on any atom is -0.393 e. The van der Waals surface area contributed by atoms with Crippen molar-refractivity contribution >= 4 is 0 Å². The molecule has 0 amide bonds. The summed E-state index contributed by atoms with van der Waals surface area (Å²) >= 11 is 0. The SMILES string of the molecule is C[C@]12CCCC=C1CCC1C2CC[C@@]2(C)C1CC[C@@H]2O. The monoisotopic (exact) mass is 274 g/mol. The minimum atomic E-state index is -0.0236. The number of hydrogen-bond acceptors (Lipinski definition) is 1. The molecule has 0 radical (unpaired) electrons. The van der Waals surface area contributed by atoms with Crippen LogP contribution in [0.5, 0.6) is 0 Å². The molecule has 3 saturated carbocycles. The molecule has 0 spiro atoms. The maximum Gasteiger partial charge on any atom is 0.0596 e. The zero-order chi connectivity index (χ0) is 14.0. The van der Waals surface area contributed by atoms with Crippen LogP contribution in [0.1, 0.15) is 71.6 Å². The van der Waals surface area contributed by atoms with Crippen LogP contribution in [0.3, 0.4) is 0 Å². The number of hydrogen-bond donors (Lipinski definition) is 1. The molecule has 3 fully saturated rings. The van der Waals surface area contributed by atoms with Gasteiger partial charge in [-0.3, -0.25) is 0 Å². The van der Waals surface area contributed by atoms with Gasteiger partial charge in [0.05, 0.1) is 6.10 Å². The van der Waals surface area contributed by atoms with Gasteiger partial charge in [0.2, 0.25) is 0 Å². The van der Waals surface area contributed by atoms with E-state index in [9.17, 15) is 5.11 Å². The highest BCUT2D eigenvalue weighted by Crippen LogP contribution is 2.65. The minimum absolute atomic E-state index is 0.0236. The first kappa shape index (κ1) is 13.4. The molecule has 0 heterocycles. The van der Waals surface area contributed by atoms with Gasteiger partial charge in [0.15, 0.2) is 0 Å². The summed E-state index contributed by atoms with van der Waals surface area (Å²) in [6, 6.07) is 0. The molecule has 0 bridgehead atoms. The fourth-order valence-corrected chi connectivity index (χ4v) is 6.73. The Morgan fingerprint density at radius 2 is 1.90 bits per heavy atom. The van der Waals surface area contributed by atoms with Gasteiger partial charge in [0, 0.05) is 0 Å². The number of aliphatic hydroxyl groups is 1. The fraction of sp³-hybridized carbons (Fsp3) is 0.895. The average Bonchev–Trinajstić information content (AvgIpc) is 2.74. The molecule has 4 aliphatic carbocycles. The zero-order valence-corrected chi connectivity index (χ0v) is 13.2. The van der Waals surface area contributed by atoms with Crippen LogP contribution >= 0.6 is 0 Å². The van der Waals surface area contributed by atoms with Gasteiger partial charge in [-0.1, -0.05) is 25.5 Å². The van der Waals surface area contributed by atoms with Crippen LogP contribution in [0.4, 0.5) is 0 Å². The van der Waals surface area contributed by atoms with E-state index in [0.717, 1.165) is 24.2 Å². The van der Waals surface area contributed by atoms with Crippen molar-refractivity contribution in [2.45, 2.75) is 77.7 Å². The lowest BCUT2D eigenvalue weighted by atomic mass is 9.47. The molecule has 0 saturated heterocycles. The van der Waals surface area contributed by atoms with Crippen LogP contribution in [0.25, 0.3) is 0 Å². The third-order valence-electron chi connectivity index (χ3n) is 7.98. The van der Waals surface area contributed by atoms with E-state index in [1.54, 1.807) is 5.57 Å². The number of aliphatic hydroxyl groups excluding tert-OH is 1. The summed E-state index contributed by atoms with van der Waals surface area (Å²) in [5, 5.41) is 10.5. The number of allylic oxidation sites excluding steroid dienone is 2. The molecule has 4 rings (SSSR count). The van der Waals surface area contributed by atoms with Crippen molar-refractivity contribution < 1.29 is 5.11 Å². The van der Waals surface area contributed by atoms with Gasteiger partial charge in [-0.25, -0.2) is 0 Å². The molecule has 0 aromatic carbocycles. The van der Waals surface area contributed by atoms with E-state index in [1.807, 2.05) is 0 Å². The van der Waals surface area contributed by atoms with Gasteiger partial charge < -0.3 is 5.11 Å². The summed E-state index contributed by atoms with van der Waals surface area (Å²) in [5.74, 6) is 2.61. The summed E-state index contributed by atoms with van der Waals surface area (Å²) in [7, 11) is 0. The highest BCUT2D eigenvalue weighted by atomic mass is 16.3. The normalized spacial score (nSPS) is 54.6. The zero-order valence-electron chi connectivity index (χ0n) is 13.2. The first-order valence-corrected chi connectivity index (χ1v) is 8.93. The van der Waals surface area contributed by atoms with E-state index in [1.165, 1.54) is 51.4 Å². The Labute approximate surface area is 123 Å². The van der Waals surface area contributed by atoms with E-state index < -0.39 is 0 Å². The van der Waals surface area contributed by atoms with E-state index in [0.29, 0.717) is 5.41 Å². The van der Waals surface area contributed by atoms with E-state index >= 15 is 0 Å². The Bertz CT molecular complexity index is 439. The number of fused-ring (bicyclic) bond motifs is 5. The molecular formula is C19H30O. The number of rotatable bonds is 0. The van der Waals surface area contributed by atoms with E-state index in [-0.39, 0.29) is 11.5 Å². The standard InChI is InChI=1S/C19H30O/c1-18-11-4-3-5-13(18)6-7-14-15-8-9-17(20)19(15,2)12-10-16(14)18/h5,14-17,20H,3-4,6-12H2,1-2H3/t14?,15?,16?,17-,18-,19-/m0/s1. The highest BCUT2D eigenvalue weighted by molar-refractivity contribution is 5.23. The molecule has 1 N–H and O–H groups in total. The van der Waals surface area contributed by atoms with Gasteiger partial charge >= 0.3 is 0 Å². The van der Waals surface area contributed by atoms with Crippen LogP contribution in [0, 0.1) is 28.6 Å². The van der Waals surface area contributed by atoms with Gasteiger partial charge in [0.1, 0.15) is 0 Å². The molecule has 112 valence electrons. The van der Waals surface area contributed by atoms with Crippen LogP contribution < -0.4 is 0 Å². The summed E-state index contributed by atoms with van der Waals surface area (Å²) in [6.45, 7) is 4.96. The van der Waals surface area contributed by atoms with Crippen LogP contribution in [0.15, 0.2) is 11.6 Å². The predicted molar refractivity (Wildman–Crippen MR) is 82.3 cm³/mol. The Hall–Kier alpha value is -0.300. The average molecular weight is 274 g/mol. The van der Waals surface area contributed by atoms with E-state index in [4.69, 9.17) is 0 Å². The maximum atomic E-state index is 10.5. The quantitative estimate of drug-likeness (QED) is 0.635. The van der Waals surface area contributed by atoms with Gasteiger partial charge in [0.25, 0.3) is 0 Å². The lowest BCUT2D eigenvalue weighted by molar-refractivity contribution is -0.0736. The molecule has 20 heavy (non-hydrogen) atoms. The van der Waals surface area contributed by atoms with Crippen molar-refractivity contribution in [1.29, 1.82) is 0 Å². The molecular weight excluding hydrogens is 244 g/mol. The van der Waals surface area contributed by atoms with Crippen LogP contribution in [0.2, 0.25) is 0 Å². The molecule has 3 unspecified atom stereocenters. The van der Waals surface area contributed by atoms with Crippen molar-refractivity contribution in [3.05, 3.63) is 11.6 Å². The maximum absolute atomic E-state index is 10.5. The second-order valence-corrected chi connectivity index (χ2v) is 8.59. The predicted octanol–water partition coefficient (Wildman–Crippen LogP) is 4.70. The summed E-state index contributed by atoms with van der Waals surface area (Å²) in [4.78, 5) is 0. The first-order chi connectivity index (χ1) is 9.56. The lowest BCUT2D eigenvalue weighted by Gasteiger charge is -2.57. The largest absolute Gasteiger partial charge is 0.393 e. The first-order valence-electron chi connectivity index (χ1n) is 8.93. The molecule has 1 heteroatoms. The van der Waals surface area contributed by atoms with Gasteiger partial charge in [-0.2, -0.15) is 0 Å². The lowest BCUT2D eigenvalue weighted by Crippen LogP contribution is -2.50. The van der Waals surface area contributed by atoms with Crippen LogP contribution in [-0.2, 0) is 0 Å². The van der Waals surface area contributed by atoms with Gasteiger partial charge in [-0.15, -0.1) is 0 Å². The molecule has 0 aromatic heterocycles. The summed E-state index contributed by atoms with van der Waals surface area (Å²) < 4.78 is 0. The van der Waals surface area contributed by atoms with E-state index in [2.05, 4.69) is 19.9 Å². The topological polar surface area (TPSA) is 20.2 Å². The van der Waals surface area contributed by atoms with Crippen LogP contribution in [-0.4, -0.2) is 11.2 Å². The second kappa shape index (κ2) is 4.35. The van der Waals surface area contributed by atoms with Crippen molar-refractivity contribution in [3.8, 4) is 0 Å². The molecule has 4 aliphatic rings. The summed E-state index contributed by atoms with van der Waals surface area (Å²) in [5.41, 5.74) is 2.55. The third-order valence-corrected chi connectivity index (χ3v) is 7.98. The molecule has 0 aromatic rings. The van der Waals surface area contributed by atoms with Crippen molar-refractivity contribution in [2.75, 3.05) is 0 Å². The smallest absolute Gasteiger partial charge is 0.0596 e. The van der Waals surface area contributed by atoms with Gasteiger partial charge in [-0.05, 0) is 86.4 Å². The Morgan fingerprint density at radius 1 is 1.05 bits per heavy atom. The fourth-order valence-electron chi connectivity index (χ4n) is 6.73. The highest BCUT2D eigenvalue weighted by Gasteiger charge is 2.58. The Kier molecular flexibility index (Phi) is 2.91. The Balaban J connectivity index is 1.68. The second-order valence-electron chi connectivity index (χ2n) is 8.59. The van der Waals surface area contributed by atoms with Crippen molar-refractivity contribution in [3.63, 3.8) is 0 Å². The Morgan fingerprint density at radius 3 is 2.75 bits per heavy atom. The molecule has 1 nitrogen and oxygen atoms in total.